The standard InChI is InChI=1S/C19H24N4O4/c1-2-26-19-22-16-12-13-7-8-14(17(24)25)15(11-13)27-10-6-4-3-5-9-20-18(21-16)23-19/h7-8,11H,2-6,9-10,12H2,1H3,(H,24,25)(H,20,21,22,23). The van der Waals surface area contributed by atoms with E-state index in [9.17, 15) is 9.90 Å². The van der Waals surface area contributed by atoms with Crippen LogP contribution in [0.4, 0.5) is 5.95 Å². The number of rotatable bonds is 3. The molecule has 0 fully saturated rings. The van der Waals surface area contributed by atoms with E-state index in [2.05, 4.69) is 20.3 Å². The molecule has 0 amide bonds. The number of aromatic carboxylic acids is 1. The van der Waals surface area contributed by atoms with Crippen LogP contribution in [0.3, 0.4) is 0 Å². The van der Waals surface area contributed by atoms with Gasteiger partial charge in [-0.2, -0.15) is 15.0 Å². The lowest BCUT2D eigenvalue weighted by Crippen LogP contribution is -2.11. The molecule has 0 saturated carbocycles. The lowest BCUT2D eigenvalue weighted by molar-refractivity contribution is 0.0692. The van der Waals surface area contributed by atoms with E-state index in [1.807, 2.05) is 6.92 Å². The van der Waals surface area contributed by atoms with Crippen molar-refractivity contribution in [3.8, 4) is 11.8 Å². The first-order chi connectivity index (χ1) is 13.2. The predicted molar refractivity (Wildman–Crippen MR) is 99.7 cm³/mol. The number of carboxylic acid groups (broad SMARTS) is 1. The maximum absolute atomic E-state index is 11.5. The van der Waals surface area contributed by atoms with Crippen molar-refractivity contribution in [3.05, 3.63) is 35.2 Å². The molecule has 3 rings (SSSR count). The second kappa shape index (κ2) is 9.16. The number of fused-ring (bicyclic) bond motifs is 4. The molecule has 1 aromatic heterocycles. The molecule has 2 heterocycles. The Morgan fingerprint density at radius 2 is 2.07 bits per heavy atom. The molecule has 0 unspecified atom stereocenters. The van der Waals surface area contributed by atoms with Gasteiger partial charge in [0.1, 0.15) is 17.1 Å². The summed E-state index contributed by atoms with van der Waals surface area (Å²) in [6.07, 6.45) is 4.34. The summed E-state index contributed by atoms with van der Waals surface area (Å²) in [6, 6.07) is 5.36. The molecule has 1 aromatic carbocycles. The molecule has 4 bridgehead atoms. The van der Waals surface area contributed by atoms with Gasteiger partial charge < -0.3 is 19.9 Å². The van der Waals surface area contributed by atoms with Crippen molar-refractivity contribution < 1.29 is 19.4 Å². The average molecular weight is 372 g/mol. The zero-order valence-electron chi connectivity index (χ0n) is 15.4. The lowest BCUT2D eigenvalue weighted by Gasteiger charge is -2.11. The van der Waals surface area contributed by atoms with Crippen LogP contribution in [0.1, 0.15) is 54.4 Å². The van der Waals surface area contributed by atoms with Gasteiger partial charge in [0.05, 0.1) is 13.2 Å². The van der Waals surface area contributed by atoms with E-state index < -0.39 is 5.97 Å². The van der Waals surface area contributed by atoms with Crippen LogP contribution in [0, 0.1) is 0 Å². The van der Waals surface area contributed by atoms with Gasteiger partial charge in [-0.15, -0.1) is 0 Å². The fourth-order valence-corrected chi connectivity index (χ4v) is 2.87. The summed E-state index contributed by atoms with van der Waals surface area (Å²) in [4.78, 5) is 24.6. The van der Waals surface area contributed by atoms with Gasteiger partial charge in [0, 0.05) is 13.0 Å². The van der Waals surface area contributed by atoms with E-state index in [1.54, 1.807) is 18.2 Å². The van der Waals surface area contributed by atoms with Gasteiger partial charge in [0.25, 0.3) is 0 Å². The van der Waals surface area contributed by atoms with E-state index in [0.717, 1.165) is 37.8 Å². The van der Waals surface area contributed by atoms with Crippen molar-refractivity contribution in [2.24, 2.45) is 0 Å². The molecule has 0 saturated heterocycles. The lowest BCUT2D eigenvalue weighted by atomic mass is 10.1. The summed E-state index contributed by atoms with van der Waals surface area (Å²) in [5.74, 6) is 0.434. The van der Waals surface area contributed by atoms with E-state index in [-0.39, 0.29) is 11.6 Å². The summed E-state index contributed by atoms with van der Waals surface area (Å²) in [5.41, 5.74) is 1.03. The molecule has 0 radical (unpaired) electrons. The minimum Gasteiger partial charge on any atom is -0.493 e. The fraction of sp³-hybridized carbons (Fsp3) is 0.474. The molecule has 1 aliphatic heterocycles. The summed E-state index contributed by atoms with van der Waals surface area (Å²) in [7, 11) is 0. The summed E-state index contributed by atoms with van der Waals surface area (Å²) in [5, 5.41) is 12.6. The van der Waals surface area contributed by atoms with Crippen LogP contribution in [-0.2, 0) is 6.42 Å². The molecule has 27 heavy (non-hydrogen) atoms. The number of nitrogens with zero attached hydrogens (tertiary/aromatic N) is 3. The number of nitrogens with one attached hydrogen (secondary N) is 1. The predicted octanol–water partition coefficient (Wildman–Crippen LogP) is 2.92. The second-order valence-corrected chi connectivity index (χ2v) is 6.29. The maximum atomic E-state index is 11.5. The topological polar surface area (TPSA) is 106 Å². The Morgan fingerprint density at radius 3 is 2.89 bits per heavy atom. The first-order valence-electron chi connectivity index (χ1n) is 9.26. The highest BCUT2D eigenvalue weighted by Gasteiger charge is 2.14. The van der Waals surface area contributed by atoms with E-state index in [1.165, 1.54) is 0 Å². The SMILES string of the molecule is CCOc1nc2nc(n1)NCCCCCCOc1cc(ccc1C(=O)O)C2. The largest absolute Gasteiger partial charge is 0.493 e. The van der Waals surface area contributed by atoms with Crippen LogP contribution < -0.4 is 14.8 Å². The summed E-state index contributed by atoms with van der Waals surface area (Å²) >= 11 is 0. The van der Waals surface area contributed by atoms with Gasteiger partial charge in [0.2, 0.25) is 5.95 Å². The number of hydrogen-bond donors (Lipinski definition) is 2. The first-order valence-corrected chi connectivity index (χ1v) is 9.26. The minimum atomic E-state index is -1.00. The van der Waals surface area contributed by atoms with Crippen molar-refractivity contribution >= 4 is 11.9 Å². The van der Waals surface area contributed by atoms with Crippen LogP contribution in [0.25, 0.3) is 0 Å². The first kappa shape index (κ1) is 18.9. The van der Waals surface area contributed by atoms with Crippen LogP contribution in [0.15, 0.2) is 18.2 Å². The van der Waals surface area contributed by atoms with Gasteiger partial charge in [-0.1, -0.05) is 18.9 Å². The van der Waals surface area contributed by atoms with Crippen molar-refractivity contribution in [2.75, 3.05) is 25.1 Å². The van der Waals surface area contributed by atoms with Crippen molar-refractivity contribution in [2.45, 2.75) is 39.0 Å². The number of hydrogen-bond acceptors (Lipinski definition) is 7. The fourth-order valence-electron chi connectivity index (χ4n) is 2.87. The third-order valence-corrected chi connectivity index (χ3v) is 4.19. The highest BCUT2D eigenvalue weighted by molar-refractivity contribution is 5.91. The molecule has 2 N–H and O–H groups in total. The van der Waals surface area contributed by atoms with E-state index >= 15 is 0 Å². The Kier molecular flexibility index (Phi) is 6.40. The summed E-state index contributed by atoms with van der Waals surface area (Å²) in [6.45, 7) is 3.61. The van der Waals surface area contributed by atoms with Gasteiger partial charge in [-0.05, 0) is 37.5 Å². The minimum absolute atomic E-state index is 0.163. The Morgan fingerprint density at radius 1 is 1.22 bits per heavy atom. The number of ether oxygens (including phenoxy) is 2. The maximum Gasteiger partial charge on any atom is 0.339 e. The zero-order valence-corrected chi connectivity index (χ0v) is 15.4. The smallest absolute Gasteiger partial charge is 0.339 e. The van der Waals surface area contributed by atoms with Crippen LogP contribution in [0.2, 0.25) is 0 Å². The monoisotopic (exact) mass is 372 g/mol. The normalized spacial score (nSPS) is 14.9. The molecular weight excluding hydrogens is 348 g/mol. The van der Waals surface area contributed by atoms with Gasteiger partial charge in [0.15, 0.2) is 0 Å². The van der Waals surface area contributed by atoms with Gasteiger partial charge in [-0.3, -0.25) is 0 Å². The molecular formula is C19H24N4O4. The number of carbonyl (C=O) groups is 1. The van der Waals surface area contributed by atoms with E-state index in [4.69, 9.17) is 9.47 Å². The Bertz CT molecular complexity index is 797. The Labute approximate surface area is 158 Å². The molecule has 1 aliphatic rings. The number of aromatic nitrogens is 3. The molecule has 144 valence electrons. The zero-order chi connectivity index (χ0) is 19.1. The molecule has 0 spiro atoms. The van der Waals surface area contributed by atoms with Gasteiger partial charge in [-0.25, -0.2) is 4.79 Å². The highest BCUT2D eigenvalue weighted by Crippen LogP contribution is 2.23. The third-order valence-electron chi connectivity index (χ3n) is 4.19. The summed E-state index contributed by atoms with van der Waals surface area (Å²) < 4.78 is 11.2. The second-order valence-electron chi connectivity index (χ2n) is 6.29. The molecule has 0 aliphatic carbocycles. The Balaban J connectivity index is 1.94. The van der Waals surface area contributed by atoms with Gasteiger partial charge >= 0.3 is 12.0 Å². The van der Waals surface area contributed by atoms with Crippen molar-refractivity contribution in [1.29, 1.82) is 0 Å². The van der Waals surface area contributed by atoms with E-state index in [0.29, 0.717) is 37.2 Å². The number of carboxylic acids is 1. The molecule has 2 aromatic rings. The highest BCUT2D eigenvalue weighted by atomic mass is 16.5. The molecule has 8 heteroatoms. The van der Waals surface area contributed by atoms with Crippen LogP contribution >= 0.6 is 0 Å². The van der Waals surface area contributed by atoms with Crippen molar-refractivity contribution in [3.63, 3.8) is 0 Å². The van der Waals surface area contributed by atoms with Crippen LogP contribution in [-0.4, -0.2) is 45.8 Å². The molecule has 0 atom stereocenters. The number of anilines is 1. The third kappa shape index (κ3) is 5.29. The quantitative estimate of drug-likeness (QED) is 0.847. The average Bonchev–Trinajstić information content (AvgIpc) is 2.63. The van der Waals surface area contributed by atoms with Crippen LogP contribution in [0.5, 0.6) is 11.8 Å². The number of benzene rings is 1. The Hall–Kier alpha value is -2.90. The van der Waals surface area contributed by atoms with Crippen molar-refractivity contribution in [1.82, 2.24) is 15.0 Å². The molecule has 8 nitrogen and oxygen atoms in total.